The number of nitrogens with one attached hydrogen (secondary N) is 1. The van der Waals surface area contributed by atoms with Crippen LogP contribution in [0, 0.1) is 5.82 Å². The zero-order valence-electron chi connectivity index (χ0n) is 11.4. The number of ether oxygens (including phenoxy) is 1. The van der Waals surface area contributed by atoms with Crippen LogP contribution in [0.1, 0.15) is 12.5 Å². The fraction of sp³-hybridized carbons (Fsp3) is 0.500. The molecule has 0 spiro atoms. The number of benzene rings is 1. The third kappa shape index (κ3) is 4.01. The Bertz CT molecular complexity index is 484. The molecule has 2 rings (SSSR count). The van der Waals surface area contributed by atoms with E-state index in [1.165, 1.54) is 12.1 Å². The molecular formula is C14H18BrFN2O2. The number of hydrogen-bond acceptors (Lipinski definition) is 3. The van der Waals surface area contributed by atoms with Gasteiger partial charge in [0, 0.05) is 24.1 Å². The smallest absolute Gasteiger partial charge is 0.250 e. The van der Waals surface area contributed by atoms with E-state index in [-0.39, 0.29) is 11.7 Å². The molecule has 0 aliphatic carbocycles. The van der Waals surface area contributed by atoms with Crippen molar-refractivity contribution in [3.05, 3.63) is 34.1 Å². The Balaban J connectivity index is 1.88. The summed E-state index contributed by atoms with van der Waals surface area (Å²) in [6.07, 6.45) is -0.428. The van der Waals surface area contributed by atoms with Crippen LogP contribution < -0.4 is 5.32 Å². The Labute approximate surface area is 126 Å². The maximum Gasteiger partial charge on any atom is 0.250 e. The quantitative estimate of drug-likeness (QED) is 0.907. The van der Waals surface area contributed by atoms with Crippen molar-refractivity contribution < 1.29 is 13.9 Å². The maximum atomic E-state index is 13.0. The number of carbonyl (C=O) groups excluding carboxylic acids is 1. The lowest BCUT2D eigenvalue weighted by Crippen LogP contribution is -2.49. The van der Waals surface area contributed by atoms with E-state index in [0.29, 0.717) is 24.2 Å². The standard InChI is InChI=1S/C14H18BrFN2O2/c1-2-18-5-6-20-13(9-18)14(19)17-8-10-3-4-11(16)7-12(10)15/h3-4,7,13H,2,5-6,8-9H2,1H3,(H,17,19)/t13-/m1/s1. The van der Waals surface area contributed by atoms with Gasteiger partial charge in [-0.25, -0.2) is 4.39 Å². The van der Waals surface area contributed by atoms with Crippen LogP contribution in [0.4, 0.5) is 4.39 Å². The number of amides is 1. The van der Waals surface area contributed by atoms with E-state index in [9.17, 15) is 9.18 Å². The van der Waals surface area contributed by atoms with Crippen LogP contribution in [-0.4, -0.2) is 43.2 Å². The van der Waals surface area contributed by atoms with E-state index in [1.807, 2.05) is 0 Å². The molecule has 1 aliphatic heterocycles. The second-order valence-electron chi connectivity index (χ2n) is 4.71. The van der Waals surface area contributed by atoms with Crippen molar-refractivity contribution in [1.82, 2.24) is 10.2 Å². The normalized spacial score (nSPS) is 19.9. The molecule has 1 amide bonds. The first kappa shape index (κ1) is 15.4. The van der Waals surface area contributed by atoms with Crippen LogP contribution in [-0.2, 0) is 16.1 Å². The van der Waals surface area contributed by atoms with Crippen LogP contribution >= 0.6 is 15.9 Å². The number of morpholine rings is 1. The van der Waals surface area contributed by atoms with E-state index >= 15 is 0 Å². The minimum absolute atomic E-state index is 0.126. The van der Waals surface area contributed by atoms with Gasteiger partial charge in [0.1, 0.15) is 11.9 Å². The Hall–Kier alpha value is -0.980. The largest absolute Gasteiger partial charge is 0.366 e. The average molecular weight is 345 g/mol. The summed E-state index contributed by atoms with van der Waals surface area (Å²) < 4.78 is 19.1. The lowest BCUT2D eigenvalue weighted by molar-refractivity contribution is -0.138. The van der Waals surface area contributed by atoms with Gasteiger partial charge in [-0.05, 0) is 24.2 Å². The zero-order valence-corrected chi connectivity index (χ0v) is 13.0. The minimum Gasteiger partial charge on any atom is -0.366 e. The maximum absolute atomic E-state index is 13.0. The van der Waals surface area contributed by atoms with Crippen molar-refractivity contribution in [2.24, 2.45) is 0 Å². The summed E-state index contributed by atoms with van der Waals surface area (Å²) in [4.78, 5) is 14.2. The molecule has 1 aliphatic rings. The SMILES string of the molecule is CCN1CCO[C@@H](C(=O)NCc2ccc(F)cc2Br)C1. The lowest BCUT2D eigenvalue weighted by Gasteiger charge is -2.31. The molecule has 1 aromatic carbocycles. The van der Waals surface area contributed by atoms with Crippen LogP contribution in [0.15, 0.2) is 22.7 Å². The molecule has 20 heavy (non-hydrogen) atoms. The van der Waals surface area contributed by atoms with Gasteiger partial charge in [-0.3, -0.25) is 9.69 Å². The van der Waals surface area contributed by atoms with Crippen molar-refractivity contribution in [3.63, 3.8) is 0 Å². The molecular weight excluding hydrogens is 327 g/mol. The summed E-state index contributed by atoms with van der Waals surface area (Å²) in [5.74, 6) is -0.430. The highest BCUT2D eigenvalue weighted by Gasteiger charge is 2.25. The van der Waals surface area contributed by atoms with E-state index in [4.69, 9.17) is 4.74 Å². The Kier molecular flexibility index (Phi) is 5.51. The molecule has 1 heterocycles. The molecule has 0 aromatic heterocycles. The average Bonchev–Trinajstić information content (AvgIpc) is 2.46. The summed E-state index contributed by atoms with van der Waals surface area (Å²) in [5.41, 5.74) is 0.836. The third-order valence-electron chi connectivity index (χ3n) is 3.36. The second kappa shape index (κ2) is 7.15. The number of halogens is 2. The van der Waals surface area contributed by atoms with E-state index in [1.54, 1.807) is 6.07 Å². The van der Waals surface area contributed by atoms with Gasteiger partial charge in [0.25, 0.3) is 5.91 Å². The molecule has 0 radical (unpaired) electrons. The zero-order chi connectivity index (χ0) is 14.5. The summed E-state index contributed by atoms with van der Waals surface area (Å²) in [7, 11) is 0. The topological polar surface area (TPSA) is 41.6 Å². The first-order chi connectivity index (χ1) is 9.60. The van der Waals surface area contributed by atoms with Crippen molar-refractivity contribution in [3.8, 4) is 0 Å². The van der Waals surface area contributed by atoms with Gasteiger partial charge in [-0.15, -0.1) is 0 Å². The number of nitrogens with zero attached hydrogens (tertiary/aromatic N) is 1. The Morgan fingerprint density at radius 3 is 3.10 bits per heavy atom. The van der Waals surface area contributed by atoms with Gasteiger partial charge < -0.3 is 10.1 Å². The monoisotopic (exact) mass is 344 g/mol. The lowest BCUT2D eigenvalue weighted by atomic mass is 10.2. The molecule has 110 valence electrons. The second-order valence-corrected chi connectivity index (χ2v) is 5.56. The highest BCUT2D eigenvalue weighted by molar-refractivity contribution is 9.10. The molecule has 6 heteroatoms. The van der Waals surface area contributed by atoms with Crippen molar-refractivity contribution in [2.45, 2.75) is 19.6 Å². The number of hydrogen-bond donors (Lipinski definition) is 1. The fourth-order valence-corrected chi connectivity index (χ4v) is 2.60. The van der Waals surface area contributed by atoms with Gasteiger partial charge in [0.15, 0.2) is 0 Å². The van der Waals surface area contributed by atoms with Gasteiger partial charge in [0.05, 0.1) is 6.61 Å². The Morgan fingerprint density at radius 2 is 2.40 bits per heavy atom. The van der Waals surface area contributed by atoms with Crippen LogP contribution in [0.5, 0.6) is 0 Å². The van der Waals surface area contributed by atoms with Crippen LogP contribution in [0.25, 0.3) is 0 Å². The fourth-order valence-electron chi connectivity index (χ4n) is 2.11. The minimum atomic E-state index is -0.428. The summed E-state index contributed by atoms with van der Waals surface area (Å²) in [5, 5.41) is 2.83. The van der Waals surface area contributed by atoms with E-state index in [0.717, 1.165) is 18.7 Å². The molecule has 1 atom stereocenters. The number of rotatable bonds is 4. The highest BCUT2D eigenvalue weighted by atomic mass is 79.9. The first-order valence-corrected chi connectivity index (χ1v) is 7.45. The first-order valence-electron chi connectivity index (χ1n) is 6.65. The number of carbonyl (C=O) groups is 1. The van der Waals surface area contributed by atoms with Gasteiger partial charge in [-0.1, -0.05) is 28.9 Å². The summed E-state index contributed by atoms with van der Waals surface area (Å²) in [6, 6.07) is 4.42. The predicted octanol–water partition coefficient (Wildman–Crippen LogP) is 1.93. The van der Waals surface area contributed by atoms with Gasteiger partial charge in [-0.2, -0.15) is 0 Å². The molecule has 1 saturated heterocycles. The molecule has 1 N–H and O–H groups in total. The van der Waals surface area contributed by atoms with E-state index < -0.39 is 6.10 Å². The van der Waals surface area contributed by atoms with Gasteiger partial charge >= 0.3 is 0 Å². The Morgan fingerprint density at radius 1 is 1.60 bits per heavy atom. The number of likely N-dealkylation sites (N-methyl/N-ethyl adjacent to an activating group) is 1. The summed E-state index contributed by atoms with van der Waals surface area (Å²) in [6.45, 7) is 5.39. The molecule has 4 nitrogen and oxygen atoms in total. The van der Waals surface area contributed by atoms with Crippen molar-refractivity contribution >= 4 is 21.8 Å². The van der Waals surface area contributed by atoms with Crippen LogP contribution in [0.2, 0.25) is 0 Å². The van der Waals surface area contributed by atoms with Crippen molar-refractivity contribution in [1.29, 1.82) is 0 Å². The summed E-state index contributed by atoms with van der Waals surface area (Å²) >= 11 is 3.28. The van der Waals surface area contributed by atoms with Crippen molar-refractivity contribution in [2.75, 3.05) is 26.2 Å². The van der Waals surface area contributed by atoms with Gasteiger partial charge in [0.2, 0.25) is 0 Å². The van der Waals surface area contributed by atoms with Crippen LogP contribution in [0.3, 0.4) is 0 Å². The molecule has 1 aromatic rings. The third-order valence-corrected chi connectivity index (χ3v) is 4.10. The molecule has 0 saturated carbocycles. The predicted molar refractivity (Wildman–Crippen MR) is 77.8 cm³/mol. The molecule has 1 fully saturated rings. The molecule has 0 bridgehead atoms. The van der Waals surface area contributed by atoms with E-state index in [2.05, 4.69) is 33.1 Å². The highest BCUT2D eigenvalue weighted by Crippen LogP contribution is 2.17. The molecule has 0 unspecified atom stereocenters.